The summed E-state index contributed by atoms with van der Waals surface area (Å²) in [5.74, 6) is -0.556. The van der Waals surface area contributed by atoms with Crippen LogP contribution in [0.4, 0.5) is 0 Å². The summed E-state index contributed by atoms with van der Waals surface area (Å²) >= 11 is 0. The van der Waals surface area contributed by atoms with Gasteiger partial charge in [0.25, 0.3) is 0 Å². The molecule has 1 fully saturated rings. The standard InChI is InChI=1S/C15H22N2O4S/c1-11(16)14-8-3-4-9-17(14)22(19,20)13-7-5-6-12(10-13)15(18)21-2/h5-7,10-11,14H,3-4,8-9,16H2,1-2H3. The predicted octanol–water partition coefficient (Wildman–Crippen LogP) is 1.36. The van der Waals surface area contributed by atoms with Crippen LogP contribution in [0.15, 0.2) is 29.2 Å². The van der Waals surface area contributed by atoms with Crippen LogP contribution in [-0.2, 0) is 14.8 Å². The third kappa shape index (κ3) is 3.31. The highest BCUT2D eigenvalue weighted by atomic mass is 32.2. The van der Waals surface area contributed by atoms with Gasteiger partial charge in [0.1, 0.15) is 0 Å². The largest absolute Gasteiger partial charge is 0.465 e. The molecule has 0 aromatic heterocycles. The molecule has 1 saturated heterocycles. The lowest BCUT2D eigenvalue weighted by Gasteiger charge is -2.36. The SMILES string of the molecule is COC(=O)c1cccc(S(=O)(=O)N2CCCCC2C(C)N)c1. The summed E-state index contributed by atoms with van der Waals surface area (Å²) in [5, 5.41) is 0. The number of benzene rings is 1. The minimum absolute atomic E-state index is 0.1000. The summed E-state index contributed by atoms with van der Waals surface area (Å²) in [4.78, 5) is 11.7. The van der Waals surface area contributed by atoms with Gasteiger partial charge in [-0.3, -0.25) is 0 Å². The van der Waals surface area contributed by atoms with Crippen LogP contribution in [0.2, 0.25) is 0 Å². The van der Waals surface area contributed by atoms with Gasteiger partial charge in [-0.15, -0.1) is 0 Å². The highest BCUT2D eigenvalue weighted by Crippen LogP contribution is 2.27. The Morgan fingerprint density at radius 3 is 2.77 bits per heavy atom. The lowest BCUT2D eigenvalue weighted by atomic mass is 10.00. The summed E-state index contributed by atoms with van der Waals surface area (Å²) in [7, 11) is -2.41. The van der Waals surface area contributed by atoms with Crippen LogP contribution >= 0.6 is 0 Å². The molecule has 1 aliphatic rings. The van der Waals surface area contributed by atoms with E-state index in [4.69, 9.17) is 5.73 Å². The van der Waals surface area contributed by atoms with Crippen LogP contribution in [0.3, 0.4) is 0 Å². The Morgan fingerprint density at radius 1 is 1.41 bits per heavy atom. The zero-order valence-corrected chi connectivity index (χ0v) is 13.7. The van der Waals surface area contributed by atoms with Crippen LogP contribution in [0.1, 0.15) is 36.5 Å². The van der Waals surface area contributed by atoms with Gasteiger partial charge in [-0.05, 0) is 38.0 Å². The van der Waals surface area contributed by atoms with Crippen molar-refractivity contribution in [3.05, 3.63) is 29.8 Å². The van der Waals surface area contributed by atoms with Crippen LogP contribution in [0.25, 0.3) is 0 Å². The first-order valence-electron chi connectivity index (χ1n) is 7.33. The van der Waals surface area contributed by atoms with Gasteiger partial charge in [0.2, 0.25) is 10.0 Å². The van der Waals surface area contributed by atoms with E-state index in [0.717, 1.165) is 19.3 Å². The second-order valence-electron chi connectivity index (χ2n) is 5.56. The number of esters is 1. The molecule has 2 unspecified atom stereocenters. The second-order valence-corrected chi connectivity index (χ2v) is 7.45. The van der Waals surface area contributed by atoms with Crippen molar-refractivity contribution in [2.24, 2.45) is 5.73 Å². The first kappa shape index (κ1) is 16.9. The number of methoxy groups -OCH3 is 1. The molecule has 1 aliphatic heterocycles. The molecule has 0 bridgehead atoms. The molecular weight excluding hydrogens is 304 g/mol. The maximum Gasteiger partial charge on any atom is 0.337 e. The Morgan fingerprint density at radius 2 is 2.14 bits per heavy atom. The summed E-state index contributed by atoms with van der Waals surface area (Å²) in [6.45, 7) is 2.28. The average molecular weight is 326 g/mol. The van der Waals surface area contributed by atoms with E-state index >= 15 is 0 Å². The number of nitrogens with two attached hydrogens (primary N) is 1. The fourth-order valence-corrected chi connectivity index (χ4v) is 4.61. The third-order valence-electron chi connectivity index (χ3n) is 3.97. The van der Waals surface area contributed by atoms with Gasteiger partial charge >= 0.3 is 5.97 Å². The molecule has 0 saturated carbocycles. The number of carbonyl (C=O) groups is 1. The molecule has 0 radical (unpaired) electrons. The van der Waals surface area contributed by atoms with E-state index < -0.39 is 16.0 Å². The van der Waals surface area contributed by atoms with Gasteiger partial charge < -0.3 is 10.5 Å². The Hall–Kier alpha value is -1.44. The minimum Gasteiger partial charge on any atom is -0.465 e. The number of nitrogens with zero attached hydrogens (tertiary/aromatic N) is 1. The van der Waals surface area contributed by atoms with Crippen molar-refractivity contribution in [3.63, 3.8) is 0 Å². The van der Waals surface area contributed by atoms with Gasteiger partial charge in [-0.2, -0.15) is 4.31 Å². The van der Waals surface area contributed by atoms with Gasteiger partial charge in [0.05, 0.1) is 17.6 Å². The molecule has 2 N–H and O–H groups in total. The maximum atomic E-state index is 12.9. The first-order chi connectivity index (χ1) is 10.4. The monoisotopic (exact) mass is 326 g/mol. The van der Waals surface area contributed by atoms with E-state index in [1.807, 2.05) is 6.92 Å². The van der Waals surface area contributed by atoms with E-state index in [1.54, 1.807) is 6.07 Å². The van der Waals surface area contributed by atoms with E-state index in [1.165, 1.54) is 29.6 Å². The van der Waals surface area contributed by atoms with Crippen LogP contribution in [0, 0.1) is 0 Å². The van der Waals surface area contributed by atoms with Gasteiger partial charge in [0, 0.05) is 18.6 Å². The molecule has 0 aliphatic carbocycles. The highest BCUT2D eigenvalue weighted by Gasteiger charge is 2.35. The van der Waals surface area contributed by atoms with Crippen molar-refractivity contribution >= 4 is 16.0 Å². The van der Waals surface area contributed by atoms with Crippen molar-refractivity contribution in [1.29, 1.82) is 0 Å². The van der Waals surface area contributed by atoms with Gasteiger partial charge in [0.15, 0.2) is 0 Å². The maximum absolute atomic E-state index is 12.9. The number of sulfonamides is 1. The molecule has 1 aromatic rings. The van der Waals surface area contributed by atoms with Crippen molar-refractivity contribution in [2.45, 2.75) is 43.2 Å². The predicted molar refractivity (Wildman–Crippen MR) is 83.0 cm³/mol. The molecule has 0 amide bonds. The normalized spacial score (nSPS) is 21.3. The second kappa shape index (κ2) is 6.76. The molecule has 0 spiro atoms. The summed E-state index contributed by atoms with van der Waals surface area (Å²) in [6, 6.07) is 5.48. The lowest BCUT2D eigenvalue weighted by molar-refractivity contribution is 0.0600. The molecule has 22 heavy (non-hydrogen) atoms. The zero-order valence-electron chi connectivity index (χ0n) is 12.9. The Bertz CT molecular complexity index is 643. The lowest BCUT2D eigenvalue weighted by Crippen LogP contribution is -2.51. The van der Waals surface area contributed by atoms with Crippen molar-refractivity contribution in [2.75, 3.05) is 13.7 Å². The average Bonchev–Trinajstić information content (AvgIpc) is 2.54. The number of rotatable bonds is 4. The number of ether oxygens (including phenoxy) is 1. The van der Waals surface area contributed by atoms with Crippen molar-refractivity contribution in [3.8, 4) is 0 Å². The quantitative estimate of drug-likeness (QED) is 0.844. The third-order valence-corrected chi connectivity index (χ3v) is 5.89. The zero-order chi connectivity index (χ0) is 16.3. The van der Waals surface area contributed by atoms with Gasteiger partial charge in [-0.25, -0.2) is 13.2 Å². The number of carbonyl (C=O) groups excluding carboxylic acids is 1. The summed E-state index contributed by atoms with van der Waals surface area (Å²) in [5.41, 5.74) is 6.17. The Balaban J connectivity index is 2.39. The van der Waals surface area contributed by atoms with Crippen LogP contribution in [-0.4, -0.2) is 44.4 Å². The molecule has 1 aromatic carbocycles. The molecule has 122 valence electrons. The molecule has 6 nitrogen and oxygen atoms in total. The molecule has 2 atom stereocenters. The molecular formula is C15H22N2O4S. The molecule has 1 heterocycles. The summed E-state index contributed by atoms with van der Waals surface area (Å²) < 4.78 is 31.9. The molecule has 7 heteroatoms. The van der Waals surface area contributed by atoms with Crippen LogP contribution in [0.5, 0.6) is 0 Å². The Labute approximate surface area is 131 Å². The topological polar surface area (TPSA) is 89.7 Å². The van der Waals surface area contributed by atoms with Crippen molar-refractivity contribution in [1.82, 2.24) is 4.31 Å². The smallest absolute Gasteiger partial charge is 0.337 e. The fourth-order valence-electron chi connectivity index (χ4n) is 2.79. The number of piperidine rings is 1. The van der Waals surface area contributed by atoms with E-state index in [0.29, 0.717) is 6.54 Å². The molecule has 2 rings (SSSR count). The van der Waals surface area contributed by atoms with Gasteiger partial charge in [-0.1, -0.05) is 12.5 Å². The first-order valence-corrected chi connectivity index (χ1v) is 8.77. The van der Waals surface area contributed by atoms with Crippen LogP contribution < -0.4 is 5.73 Å². The summed E-state index contributed by atoms with van der Waals surface area (Å²) in [6.07, 6.45) is 2.55. The minimum atomic E-state index is -3.67. The van der Waals surface area contributed by atoms with E-state index in [-0.39, 0.29) is 22.5 Å². The fraction of sp³-hybridized carbons (Fsp3) is 0.533. The highest BCUT2D eigenvalue weighted by molar-refractivity contribution is 7.89. The Kier molecular flexibility index (Phi) is 5.20. The number of hydrogen-bond donors (Lipinski definition) is 1. The van der Waals surface area contributed by atoms with Crippen molar-refractivity contribution < 1.29 is 17.9 Å². The van der Waals surface area contributed by atoms with E-state index in [9.17, 15) is 13.2 Å². The number of hydrogen-bond acceptors (Lipinski definition) is 5. The van der Waals surface area contributed by atoms with E-state index in [2.05, 4.69) is 4.74 Å².